The number of benzene rings is 1. The minimum absolute atomic E-state index is 0.152. The molecule has 0 aromatic heterocycles. The van der Waals surface area contributed by atoms with Gasteiger partial charge >= 0.3 is 5.97 Å². The molecule has 4 nitrogen and oxygen atoms in total. The molecule has 0 spiro atoms. The molecule has 0 aliphatic rings. The first-order chi connectivity index (χ1) is 9.10. The summed E-state index contributed by atoms with van der Waals surface area (Å²) in [5, 5.41) is 10.2. The van der Waals surface area contributed by atoms with Gasteiger partial charge in [0.05, 0.1) is 19.3 Å². The molecule has 1 atom stereocenters. The van der Waals surface area contributed by atoms with Gasteiger partial charge in [-0.15, -0.1) is 0 Å². The highest BCUT2D eigenvalue weighted by atomic mass is 16.5. The summed E-state index contributed by atoms with van der Waals surface area (Å²) in [7, 11) is 1.60. The fraction of sp³-hybridized carbons (Fsp3) is 0.400. The number of methoxy groups -OCH3 is 1. The molecule has 1 rings (SSSR count). The third kappa shape index (κ3) is 4.50. The van der Waals surface area contributed by atoms with Crippen molar-refractivity contribution in [3.63, 3.8) is 0 Å². The van der Waals surface area contributed by atoms with E-state index in [-0.39, 0.29) is 12.0 Å². The third-order valence-electron chi connectivity index (χ3n) is 2.72. The first kappa shape index (κ1) is 15.4. The zero-order valence-corrected chi connectivity index (χ0v) is 11.4. The summed E-state index contributed by atoms with van der Waals surface area (Å²) >= 11 is 0. The Morgan fingerprint density at radius 3 is 2.74 bits per heavy atom. The van der Waals surface area contributed by atoms with Crippen molar-refractivity contribution >= 4 is 5.97 Å². The lowest BCUT2D eigenvalue weighted by Crippen LogP contribution is -2.11. The zero-order valence-electron chi connectivity index (χ0n) is 11.4. The van der Waals surface area contributed by atoms with Crippen LogP contribution in [0.15, 0.2) is 36.4 Å². The van der Waals surface area contributed by atoms with Crippen LogP contribution in [0.1, 0.15) is 30.6 Å². The van der Waals surface area contributed by atoms with E-state index in [2.05, 4.69) is 6.58 Å². The smallest absolute Gasteiger partial charge is 0.333 e. The first-order valence-electron chi connectivity index (χ1n) is 6.19. The van der Waals surface area contributed by atoms with E-state index in [4.69, 9.17) is 9.47 Å². The van der Waals surface area contributed by atoms with Gasteiger partial charge in [-0.1, -0.05) is 30.8 Å². The van der Waals surface area contributed by atoms with Crippen LogP contribution in [0, 0.1) is 0 Å². The van der Waals surface area contributed by atoms with Gasteiger partial charge < -0.3 is 14.6 Å². The molecule has 1 aromatic rings. The van der Waals surface area contributed by atoms with Crippen LogP contribution in [0.3, 0.4) is 0 Å². The number of ether oxygens (including phenoxy) is 2. The Hall–Kier alpha value is -1.65. The molecule has 0 heterocycles. The number of aliphatic hydroxyl groups excluding tert-OH is 1. The fourth-order valence-electron chi connectivity index (χ4n) is 1.81. The molecule has 0 radical (unpaired) electrons. The lowest BCUT2D eigenvalue weighted by Gasteiger charge is -2.16. The summed E-state index contributed by atoms with van der Waals surface area (Å²) in [6.07, 6.45) is -0.636. The van der Waals surface area contributed by atoms with Gasteiger partial charge in [0.2, 0.25) is 0 Å². The number of carbonyl (C=O) groups excluding carboxylic acids is 1. The molecule has 0 aliphatic carbocycles. The van der Waals surface area contributed by atoms with Gasteiger partial charge in [0.15, 0.2) is 0 Å². The van der Waals surface area contributed by atoms with Crippen LogP contribution in [-0.4, -0.2) is 24.8 Å². The highest BCUT2D eigenvalue weighted by molar-refractivity contribution is 5.87. The highest BCUT2D eigenvalue weighted by Crippen LogP contribution is 2.24. The number of esters is 1. The molecular formula is C15H20O4. The van der Waals surface area contributed by atoms with Gasteiger partial charge in [-0.25, -0.2) is 4.79 Å². The fourth-order valence-corrected chi connectivity index (χ4v) is 1.81. The summed E-state index contributed by atoms with van der Waals surface area (Å²) in [5.74, 6) is -0.467. The maximum atomic E-state index is 11.5. The largest absolute Gasteiger partial charge is 0.463 e. The average molecular weight is 264 g/mol. The van der Waals surface area contributed by atoms with E-state index >= 15 is 0 Å². The normalized spacial score (nSPS) is 11.9. The van der Waals surface area contributed by atoms with Crippen molar-refractivity contribution in [2.45, 2.75) is 26.1 Å². The quantitative estimate of drug-likeness (QED) is 0.607. The summed E-state index contributed by atoms with van der Waals surface area (Å²) in [5.41, 5.74) is 1.91. The van der Waals surface area contributed by atoms with Crippen LogP contribution >= 0.6 is 0 Å². The van der Waals surface area contributed by atoms with Gasteiger partial charge in [-0.3, -0.25) is 0 Å². The highest BCUT2D eigenvalue weighted by Gasteiger charge is 2.17. The molecule has 104 valence electrons. The van der Waals surface area contributed by atoms with Crippen molar-refractivity contribution in [1.82, 2.24) is 0 Å². The number of aliphatic hydroxyl groups is 1. The second-order valence-electron chi connectivity index (χ2n) is 4.18. The molecule has 4 heteroatoms. The third-order valence-corrected chi connectivity index (χ3v) is 2.72. The average Bonchev–Trinajstić information content (AvgIpc) is 2.39. The summed E-state index contributed by atoms with van der Waals surface area (Å²) in [6, 6.07) is 7.42. The molecule has 0 fully saturated rings. The number of hydrogen-bond acceptors (Lipinski definition) is 4. The minimum atomic E-state index is -0.789. The van der Waals surface area contributed by atoms with Crippen LogP contribution in [0.25, 0.3) is 0 Å². The van der Waals surface area contributed by atoms with Crippen molar-refractivity contribution in [3.8, 4) is 0 Å². The monoisotopic (exact) mass is 264 g/mol. The molecular weight excluding hydrogens is 244 g/mol. The first-order valence-corrected chi connectivity index (χ1v) is 6.19. The standard InChI is InChI=1S/C15H20O4/c1-4-19-15(17)11(2)9-14(16)13-8-6-5-7-12(13)10-18-3/h5-8,14,16H,2,4,9-10H2,1,3H3/t14-/m0/s1. The maximum Gasteiger partial charge on any atom is 0.333 e. The Kier molecular flexibility index (Phi) is 6.25. The molecule has 1 N–H and O–H groups in total. The van der Waals surface area contributed by atoms with E-state index in [0.29, 0.717) is 13.2 Å². The van der Waals surface area contributed by atoms with E-state index in [0.717, 1.165) is 11.1 Å². The van der Waals surface area contributed by atoms with E-state index in [1.54, 1.807) is 14.0 Å². The Bertz CT molecular complexity index is 440. The lowest BCUT2D eigenvalue weighted by atomic mass is 9.98. The van der Waals surface area contributed by atoms with Gasteiger partial charge in [0.25, 0.3) is 0 Å². The van der Waals surface area contributed by atoms with Crippen LogP contribution in [0.2, 0.25) is 0 Å². The van der Waals surface area contributed by atoms with Crippen LogP contribution in [0.5, 0.6) is 0 Å². The second kappa shape index (κ2) is 7.71. The number of rotatable bonds is 7. The van der Waals surface area contributed by atoms with E-state index in [1.165, 1.54) is 0 Å². The van der Waals surface area contributed by atoms with E-state index in [9.17, 15) is 9.90 Å². The molecule has 0 amide bonds. The molecule has 0 bridgehead atoms. The predicted molar refractivity (Wildman–Crippen MR) is 72.5 cm³/mol. The Morgan fingerprint density at radius 1 is 1.42 bits per heavy atom. The van der Waals surface area contributed by atoms with Gasteiger partial charge in [-0.2, -0.15) is 0 Å². The van der Waals surface area contributed by atoms with Gasteiger partial charge in [0.1, 0.15) is 0 Å². The molecule has 1 aromatic carbocycles. The summed E-state index contributed by atoms with van der Waals surface area (Å²) in [6.45, 7) is 6.10. The second-order valence-corrected chi connectivity index (χ2v) is 4.18. The summed E-state index contributed by atoms with van der Waals surface area (Å²) < 4.78 is 9.93. The summed E-state index contributed by atoms with van der Waals surface area (Å²) in [4.78, 5) is 11.5. The van der Waals surface area contributed by atoms with Crippen molar-refractivity contribution < 1.29 is 19.4 Å². The Labute approximate surface area is 113 Å². The molecule has 0 saturated carbocycles. The molecule has 19 heavy (non-hydrogen) atoms. The van der Waals surface area contributed by atoms with E-state index < -0.39 is 12.1 Å². The van der Waals surface area contributed by atoms with Crippen LogP contribution in [-0.2, 0) is 20.9 Å². The van der Waals surface area contributed by atoms with Gasteiger partial charge in [0, 0.05) is 19.1 Å². The lowest BCUT2D eigenvalue weighted by molar-refractivity contribution is -0.138. The van der Waals surface area contributed by atoms with Crippen molar-refractivity contribution in [2.24, 2.45) is 0 Å². The van der Waals surface area contributed by atoms with Crippen LogP contribution in [0.4, 0.5) is 0 Å². The topological polar surface area (TPSA) is 55.8 Å². The minimum Gasteiger partial charge on any atom is -0.463 e. The zero-order chi connectivity index (χ0) is 14.3. The predicted octanol–water partition coefficient (Wildman–Crippen LogP) is 2.38. The van der Waals surface area contributed by atoms with E-state index in [1.807, 2.05) is 24.3 Å². The Balaban J connectivity index is 2.75. The van der Waals surface area contributed by atoms with Crippen LogP contribution < -0.4 is 0 Å². The number of hydrogen-bond donors (Lipinski definition) is 1. The van der Waals surface area contributed by atoms with Gasteiger partial charge in [-0.05, 0) is 18.1 Å². The van der Waals surface area contributed by atoms with Crippen molar-refractivity contribution in [2.75, 3.05) is 13.7 Å². The van der Waals surface area contributed by atoms with Crippen molar-refractivity contribution in [3.05, 3.63) is 47.5 Å². The number of carbonyl (C=O) groups is 1. The van der Waals surface area contributed by atoms with Crippen molar-refractivity contribution in [1.29, 1.82) is 0 Å². The molecule has 0 saturated heterocycles. The SMILES string of the molecule is C=C(C[C@H](O)c1ccccc1COC)C(=O)OCC. The Morgan fingerprint density at radius 2 is 2.11 bits per heavy atom. The molecule has 0 aliphatic heterocycles. The molecule has 0 unspecified atom stereocenters. The maximum absolute atomic E-state index is 11.5.